The third-order valence-corrected chi connectivity index (χ3v) is 2.92. The molecular formula is C13H21ClN4O. The molecule has 0 saturated carbocycles. The Hall–Kier alpha value is -1.36. The highest BCUT2D eigenvalue weighted by Gasteiger charge is 2.20. The summed E-state index contributed by atoms with van der Waals surface area (Å²) in [5.41, 5.74) is 6.17. The second kappa shape index (κ2) is 6.70. The number of aromatic nitrogens is 2. The van der Waals surface area contributed by atoms with Crippen molar-refractivity contribution in [3.8, 4) is 0 Å². The maximum absolute atomic E-state index is 11.2. The average Bonchev–Trinajstić information content (AvgIpc) is 2.25. The minimum atomic E-state index is -0.384. The summed E-state index contributed by atoms with van der Waals surface area (Å²) in [7, 11) is 0. The third-order valence-electron chi connectivity index (χ3n) is 2.62. The molecule has 1 amide bonds. The molecule has 19 heavy (non-hydrogen) atoms. The van der Waals surface area contributed by atoms with Gasteiger partial charge in [0.25, 0.3) is 0 Å². The van der Waals surface area contributed by atoms with Gasteiger partial charge in [0.2, 0.25) is 5.91 Å². The van der Waals surface area contributed by atoms with Crippen LogP contribution < -0.4 is 10.6 Å². The SMILES string of the molecule is CC(C)CN(CC(N)=O)c1ncnc(Cl)c1C(C)C. The number of amides is 1. The zero-order valence-electron chi connectivity index (χ0n) is 11.9. The Labute approximate surface area is 119 Å². The molecule has 0 aliphatic heterocycles. The van der Waals surface area contributed by atoms with Crippen molar-refractivity contribution in [3.63, 3.8) is 0 Å². The molecular weight excluding hydrogens is 264 g/mol. The van der Waals surface area contributed by atoms with Crippen LogP contribution in [-0.2, 0) is 4.79 Å². The lowest BCUT2D eigenvalue weighted by Gasteiger charge is -2.27. The largest absolute Gasteiger partial charge is 0.368 e. The predicted octanol–water partition coefficient (Wildman–Crippen LogP) is 2.20. The average molecular weight is 285 g/mol. The van der Waals surface area contributed by atoms with Gasteiger partial charge in [-0.3, -0.25) is 4.79 Å². The van der Waals surface area contributed by atoms with Gasteiger partial charge in [0.05, 0.1) is 6.54 Å². The number of hydrogen-bond donors (Lipinski definition) is 1. The molecule has 0 fully saturated rings. The number of nitrogens with two attached hydrogens (primary N) is 1. The molecule has 0 bridgehead atoms. The maximum Gasteiger partial charge on any atom is 0.236 e. The van der Waals surface area contributed by atoms with Gasteiger partial charge in [0.1, 0.15) is 17.3 Å². The van der Waals surface area contributed by atoms with Crippen LogP contribution in [0, 0.1) is 5.92 Å². The second-order valence-electron chi connectivity index (χ2n) is 5.30. The molecule has 0 unspecified atom stereocenters. The van der Waals surface area contributed by atoms with Gasteiger partial charge in [-0.05, 0) is 11.8 Å². The number of rotatable bonds is 6. The minimum absolute atomic E-state index is 0.130. The Balaban J connectivity index is 3.20. The van der Waals surface area contributed by atoms with E-state index in [1.807, 2.05) is 18.7 Å². The lowest BCUT2D eigenvalue weighted by molar-refractivity contribution is -0.116. The first-order valence-electron chi connectivity index (χ1n) is 6.36. The highest BCUT2D eigenvalue weighted by atomic mass is 35.5. The van der Waals surface area contributed by atoms with E-state index < -0.39 is 0 Å². The minimum Gasteiger partial charge on any atom is -0.368 e. The van der Waals surface area contributed by atoms with E-state index in [9.17, 15) is 4.79 Å². The molecule has 1 rings (SSSR count). The Bertz CT molecular complexity index is 448. The normalized spacial score (nSPS) is 11.1. The van der Waals surface area contributed by atoms with Crippen LogP contribution in [0.1, 0.15) is 39.2 Å². The molecule has 1 heterocycles. The summed E-state index contributed by atoms with van der Waals surface area (Å²) in [5.74, 6) is 0.868. The number of primary amides is 1. The lowest BCUT2D eigenvalue weighted by atomic mass is 10.0. The van der Waals surface area contributed by atoms with Gasteiger partial charge in [-0.25, -0.2) is 9.97 Å². The zero-order chi connectivity index (χ0) is 14.6. The van der Waals surface area contributed by atoms with Crippen molar-refractivity contribution in [1.82, 2.24) is 9.97 Å². The first kappa shape index (κ1) is 15.7. The molecule has 0 radical (unpaired) electrons. The van der Waals surface area contributed by atoms with Crippen molar-refractivity contribution >= 4 is 23.3 Å². The fourth-order valence-electron chi connectivity index (χ4n) is 1.97. The topological polar surface area (TPSA) is 72.1 Å². The van der Waals surface area contributed by atoms with Crippen molar-refractivity contribution in [2.45, 2.75) is 33.6 Å². The number of hydrogen-bond acceptors (Lipinski definition) is 4. The molecule has 0 aliphatic carbocycles. The molecule has 2 N–H and O–H groups in total. The van der Waals surface area contributed by atoms with Gasteiger partial charge in [-0.1, -0.05) is 39.3 Å². The van der Waals surface area contributed by atoms with E-state index >= 15 is 0 Å². The smallest absolute Gasteiger partial charge is 0.236 e. The number of halogens is 1. The fourth-order valence-corrected chi connectivity index (χ4v) is 2.32. The zero-order valence-corrected chi connectivity index (χ0v) is 12.6. The second-order valence-corrected chi connectivity index (χ2v) is 5.66. The molecule has 5 nitrogen and oxygen atoms in total. The molecule has 0 aliphatic rings. The van der Waals surface area contributed by atoms with Crippen LogP contribution in [-0.4, -0.2) is 29.0 Å². The summed E-state index contributed by atoms with van der Waals surface area (Å²) in [6, 6.07) is 0. The van der Waals surface area contributed by atoms with Gasteiger partial charge < -0.3 is 10.6 Å². The Morgan fingerprint density at radius 3 is 2.47 bits per heavy atom. The maximum atomic E-state index is 11.2. The summed E-state index contributed by atoms with van der Waals surface area (Å²) in [6.45, 7) is 9.01. The Morgan fingerprint density at radius 2 is 2.00 bits per heavy atom. The van der Waals surface area contributed by atoms with Crippen molar-refractivity contribution in [3.05, 3.63) is 17.0 Å². The van der Waals surface area contributed by atoms with E-state index in [1.165, 1.54) is 6.33 Å². The van der Waals surface area contributed by atoms with Crippen LogP contribution >= 0.6 is 11.6 Å². The first-order valence-corrected chi connectivity index (χ1v) is 6.74. The molecule has 1 aromatic rings. The van der Waals surface area contributed by atoms with E-state index in [1.54, 1.807) is 0 Å². The number of anilines is 1. The Morgan fingerprint density at radius 1 is 1.37 bits per heavy atom. The fraction of sp³-hybridized carbons (Fsp3) is 0.615. The number of carbonyl (C=O) groups excluding carboxylic acids is 1. The summed E-state index contributed by atoms with van der Waals surface area (Å²) < 4.78 is 0. The third kappa shape index (κ3) is 4.35. The van der Waals surface area contributed by atoms with E-state index in [2.05, 4.69) is 23.8 Å². The van der Waals surface area contributed by atoms with Crippen molar-refractivity contribution in [2.75, 3.05) is 18.0 Å². The molecule has 0 atom stereocenters. The van der Waals surface area contributed by atoms with E-state index in [4.69, 9.17) is 17.3 Å². The van der Waals surface area contributed by atoms with Gasteiger partial charge >= 0.3 is 0 Å². The van der Waals surface area contributed by atoms with Crippen LogP contribution in [0.5, 0.6) is 0 Å². The number of carbonyl (C=O) groups is 1. The highest BCUT2D eigenvalue weighted by Crippen LogP contribution is 2.30. The van der Waals surface area contributed by atoms with Crippen molar-refractivity contribution in [1.29, 1.82) is 0 Å². The van der Waals surface area contributed by atoms with E-state index in [-0.39, 0.29) is 18.4 Å². The van der Waals surface area contributed by atoms with Crippen LogP contribution in [0.15, 0.2) is 6.33 Å². The highest BCUT2D eigenvalue weighted by molar-refractivity contribution is 6.30. The van der Waals surface area contributed by atoms with Crippen LogP contribution in [0.3, 0.4) is 0 Å². The van der Waals surface area contributed by atoms with Gasteiger partial charge in [-0.15, -0.1) is 0 Å². The molecule has 106 valence electrons. The molecule has 6 heteroatoms. The molecule has 1 aromatic heterocycles. The van der Waals surface area contributed by atoms with Crippen LogP contribution in [0.2, 0.25) is 5.15 Å². The van der Waals surface area contributed by atoms with Crippen LogP contribution in [0.25, 0.3) is 0 Å². The molecule has 0 aromatic carbocycles. The summed E-state index contributed by atoms with van der Waals surface area (Å²) in [5, 5.41) is 0.429. The first-order chi connectivity index (χ1) is 8.82. The van der Waals surface area contributed by atoms with Gasteiger partial charge in [0.15, 0.2) is 0 Å². The number of nitrogens with zero attached hydrogens (tertiary/aromatic N) is 3. The van der Waals surface area contributed by atoms with Crippen molar-refractivity contribution in [2.24, 2.45) is 11.7 Å². The molecule has 0 saturated heterocycles. The summed E-state index contributed by atoms with van der Waals surface area (Å²) in [6.07, 6.45) is 1.41. The monoisotopic (exact) mass is 284 g/mol. The predicted molar refractivity (Wildman–Crippen MR) is 77.4 cm³/mol. The summed E-state index contributed by atoms with van der Waals surface area (Å²) in [4.78, 5) is 21.4. The van der Waals surface area contributed by atoms with Gasteiger partial charge in [-0.2, -0.15) is 0 Å². The molecule has 0 spiro atoms. The van der Waals surface area contributed by atoms with E-state index in [0.717, 1.165) is 5.56 Å². The lowest BCUT2D eigenvalue weighted by Crippen LogP contribution is -2.37. The quantitative estimate of drug-likeness (QED) is 0.813. The van der Waals surface area contributed by atoms with E-state index in [0.29, 0.717) is 23.4 Å². The van der Waals surface area contributed by atoms with Crippen molar-refractivity contribution < 1.29 is 4.79 Å². The Kier molecular flexibility index (Phi) is 5.54. The van der Waals surface area contributed by atoms with Crippen LogP contribution in [0.4, 0.5) is 5.82 Å². The summed E-state index contributed by atoms with van der Waals surface area (Å²) >= 11 is 6.15. The van der Waals surface area contributed by atoms with Gasteiger partial charge in [0, 0.05) is 12.1 Å². The standard InChI is InChI=1S/C13H21ClN4O/c1-8(2)5-18(6-10(15)19)13-11(9(3)4)12(14)16-7-17-13/h7-9H,5-6H2,1-4H3,(H2,15,19).